The minimum absolute atomic E-state index is 0.0472. The van der Waals surface area contributed by atoms with Crippen molar-refractivity contribution >= 4 is 17.8 Å². The minimum Gasteiger partial charge on any atom is -0.273 e. The number of carbonyl (C=O) groups is 1. The van der Waals surface area contributed by atoms with Crippen molar-refractivity contribution in [3.63, 3.8) is 0 Å². The lowest BCUT2D eigenvalue weighted by atomic mass is 9.58. The van der Waals surface area contributed by atoms with E-state index in [1.807, 2.05) is 0 Å². The maximum atomic E-state index is 12.9. The minimum atomic E-state index is -0.432. The van der Waals surface area contributed by atoms with E-state index in [9.17, 15) is 14.9 Å². The number of fused-ring (bicyclic) bond motifs is 1. The van der Waals surface area contributed by atoms with E-state index in [2.05, 4.69) is 10.5 Å². The molecule has 6 nitrogen and oxygen atoms in total. The van der Waals surface area contributed by atoms with Gasteiger partial charge in [-0.1, -0.05) is 12.8 Å². The Morgan fingerprint density at radius 2 is 1.72 bits per heavy atom. The molecule has 0 heterocycles. The second-order valence-electron chi connectivity index (χ2n) is 8.09. The van der Waals surface area contributed by atoms with Gasteiger partial charge in [-0.15, -0.1) is 0 Å². The number of hydrazone groups is 1. The standard InChI is InChI=1S/C19H23N3O3/c23-18(21-20-12-13-3-5-17(6-4-13)22(24)25)19-9-14-1-2-15(10-19)8-16(7-14)11-19/h3-6,12,14-16H,1-2,7-11H2,(H,21,23)/b20-12-/t14-,15+,16?,19?. The van der Waals surface area contributed by atoms with Crippen molar-refractivity contribution in [3.05, 3.63) is 39.9 Å². The Kier molecular flexibility index (Phi) is 4.06. The molecule has 4 bridgehead atoms. The van der Waals surface area contributed by atoms with Crippen LogP contribution in [0.15, 0.2) is 29.4 Å². The Labute approximate surface area is 146 Å². The summed E-state index contributed by atoms with van der Waals surface area (Å²) in [5.41, 5.74) is 3.30. The largest absolute Gasteiger partial charge is 0.273 e. The zero-order chi connectivity index (χ0) is 17.4. The van der Waals surface area contributed by atoms with Gasteiger partial charge in [-0.05, 0) is 67.6 Å². The van der Waals surface area contributed by atoms with E-state index in [1.54, 1.807) is 18.3 Å². The zero-order valence-corrected chi connectivity index (χ0v) is 14.2. The lowest BCUT2D eigenvalue weighted by molar-refractivity contribution is -0.384. The topological polar surface area (TPSA) is 84.6 Å². The Morgan fingerprint density at radius 3 is 2.32 bits per heavy atom. The fraction of sp³-hybridized carbons (Fsp3) is 0.579. The van der Waals surface area contributed by atoms with Gasteiger partial charge in [0.15, 0.2) is 0 Å². The molecule has 1 amide bonds. The van der Waals surface area contributed by atoms with Gasteiger partial charge in [0.2, 0.25) is 5.91 Å². The molecule has 25 heavy (non-hydrogen) atoms. The average Bonchev–Trinajstić information content (AvgIpc) is 2.81. The quantitative estimate of drug-likeness (QED) is 0.515. The van der Waals surface area contributed by atoms with E-state index in [0.717, 1.165) is 24.8 Å². The zero-order valence-electron chi connectivity index (χ0n) is 14.2. The molecule has 132 valence electrons. The molecule has 0 saturated heterocycles. The highest BCUT2D eigenvalue weighted by molar-refractivity contribution is 5.85. The molecule has 1 N–H and O–H groups in total. The molecular weight excluding hydrogens is 318 g/mol. The van der Waals surface area contributed by atoms with Gasteiger partial charge in [-0.2, -0.15) is 5.10 Å². The molecule has 1 aromatic rings. The maximum absolute atomic E-state index is 12.9. The van der Waals surface area contributed by atoms with E-state index < -0.39 is 4.92 Å². The van der Waals surface area contributed by atoms with Crippen molar-refractivity contribution in [1.82, 2.24) is 5.43 Å². The van der Waals surface area contributed by atoms with Crippen LogP contribution >= 0.6 is 0 Å². The van der Waals surface area contributed by atoms with Crippen molar-refractivity contribution in [2.75, 3.05) is 0 Å². The van der Waals surface area contributed by atoms with Crippen molar-refractivity contribution in [2.24, 2.45) is 28.3 Å². The van der Waals surface area contributed by atoms with Crippen LogP contribution in [0.5, 0.6) is 0 Å². The number of non-ortho nitro benzene ring substituents is 1. The first-order valence-electron chi connectivity index (χ1n) is 9.12. The molecular formula is C19H23N3O3. The predicted molar refractivity (Wildman–Crippen MR) is 94.1 cm³/mol. The second kappa shape index (κ2) is 6.24. The van der Waals surface area contributed by atoms with Crippen LogP contribution in [0.3, 0.4) is 0 Å². The number of benzene rings is 1. The second-order valence-corrected chi connectivity index (χ2v) is 8.09. The van der Waals surface area contributed by atoms with Crippen LogP contribution < -0.4 is 5.43 Å². The van der Waals surface area contributed by atoms with Crippen LogP contribution in [0.4, 0.5) is 5.69 Å². The highest BCUT2D eigenvalue weighted by Gasteiger charge is 2.52. The smallest absolute Gasteiger partial charge is 0.269 e. The molecule has 4 aliphatic carbocycles. The maximum Gasteiger partial charge on any atom is 0.269 e. The summed E-state index contributed by atoms with van der Waals surface area (Å²) in [6.07, 6.45) is 9.76. The number of nitro groups is 1. The number of nitrogens with zero attached hydrogens (tertiary/aromatic N) is 2. The summed E-state index contributed by atoms with van der Waals surface area (Å²) >= 11 is 0. The van der Waals surface area contributed by atoms with Crippen molar-refractivity contribution in [1.29, 1.82) is 0 Å². The first-order valence-corrected chi connectivity index (χ1v) is 9.12. The summed E-state index contributed by atoms with van der Waals surface area (Å²) in [6, 6.07) is 6.13. The fourth-order valence-corrected chi connectivity index (χ4v) is 5.44. The first-order chi connectivity index (χ1) is 12.0. The Morgan fingerprint density at radius 1 is 1.12 bits per heavy atom. The monoisotopic (exact) mass is 341 g/mol. The molecule has 4 aliphatic rings. The molecule has 0 spiro atoms. The molecule has 0 radical (unpaired) electrons. The van der Waals surface area contributed by atoms with E-state index in [0.29, 0.717) is 17.8 Å². The van der Waals surface area contributed by atoms with Crippen molar-refractivity contribution < 1.29 is 9.72 Å². The third-order valence-corrected chi connectivity index (χ3v) is 6.32. The average molecular weight is 341 g/mol. The molecule has 4 fully saturated rings. The van der Waals surface area contributed by atoms with Gasteiger partial charge in [0.1, 0.15) is 0 Å². The number of amides is 1. The lowest BCUT2D eigenvalue weighted by Crippen LogP contribution is -2.47. The molecule has 6 heteroatoms. The SMILES string of the molecule is O=C(N/N=C\c1ccc([N+](=O)[O-])cc1)C12CC3C[C@@H](CC[C@@H](C3)C1)C2. The van der Waals surface area contributed by atoms with Gasteiger partial charge < -0.3 is 0 Å². The summed E-state index contributed by atoms with van der Waals surface area (Å²) in [7, 11) is 0. The van der Waals surface area contributed by atoms with Crippen molar-refractivity contribution in [3.8, 4) is 0 Å². The molecule has 1 aromatic carbocycles. The van der Waals surface area contributed by atoms with E-state index in [-0.39, 0.29) is 17.0 Å². The van der Waals surface area contributed by atoms with Crippen LogP contribution in [0.2, 0.25) is 0 Å². The molecule has 2 unspecified atom stereocenters. The number of carbonyl (C=O) groups excluding carboxylic acids is 1. The fourth-order valence-electron chi connectivity index (χ4n) is 5.44. The highest BCUT2D eigenvalue weighted by Crippen LogP contribution is 2.57. The Bertz CT molecular complexity index is 697. The highest BCUT2D eigenvalue weighted by atomic mass is 16.6. The number of rotatable bonds is 4. The van der Waals surface area contributed by atoms with Gasteiger partial charge in [-0.25, -0.2) is 5.43 Å². The molecule has 5 rings (SSSR count). The van der Waals surface area contributed by atoms with Crippen LogP contribution in [0, 0.1) is 33.3 Å². The van der Waals surface area contributed by atoms with Gasteiger partial charge in [0, 0.05) is 12.1 Å². The third kappa shape index (κ3) is 3.17. The van der Waals surface area contributed by atoms with Gasteiger partial charge in [0.05, 0.1) is 16.6 Å². The van der Waals surface area contributed by atoms with Gasteiger partial charge >= 0.3 is 0 Å². The van der Waals surface area contributed by atoms with Gasteiger partial charge in [-0.3, -0.25) is 14.9 Å². The van der Waals surface area contributed by atoms with Crippen LogP contribution in [-0.4, -0.2) is 17.0 Å². The molecule has 0 aliphatic heterocycles. The molecule has 0 aromatic heterocycles. The van der Waals surface area contributed by atoms with E-state index in [4.69, 9.17) is 0 Å². The Balaban J connectivity index is 1.42. The van der Waals surface area contributed by atoms with Crippen LogP contribution in [0.25, 0.3) is 0 Å². The van der Waals surface area contributed by atoms with Crippen molar-refractivity contribution in [2.45, 2.75) is 44.9 Å². The summed E-state index contributed by atoms with van der Waals surface area (Å²) in [5, 5.41) is 14.8. The first kappa shape index (κ1) is 16.2. The van der Waals surface area contributed by atoms with E-state index >= 15 is 0 Å². The lowest BCUT2D eigenvalue weighted by Gasteiger charge is -2.46. The van der Waals surface area contributed by atoms with E-state index in [1.165, 1.54) is 37.8 Å². The third-order valence-electron chi connectivity index (χ3n) is 6.32. The van der Waals surface area contributed by atoms with Crippen LogP contribution in [-0.2, 0) is 4.79 Å². The number of hydrogen-bond acceptors (Lipinski definition) is 4. The number of hydrogen-bond donors (Lipinski definition) is 1. The number of nitrogens with one attached hydrogen (secondary N) is 1. The molecule has 4 atom stereocenters. The summed E-state index contributed by atoms with van der Waals surface area (Å²) in [6.45, 7) is 0. The van der Waals surface area contributed by atoms with Gasteiger partial charge in [0.25, 0.3) is 5.69 Å². The molecule has 4 saturated carbocycles. The van der Waals surface area contributed by atoms with Crippen LogP contribution in [0.1, 0.15) is 50.5 Å². The normalized spacial score (nSPS) is 33.4. The Hall–Kier alpha value is -2.24. The predicted octanol–water partition coefficient (Wildman–Crippen LogP) is 3.65. The summed E-state index contributed by atoms with van der Waals surface area (Å²) < 4.78 is 0. The summed E-state index contributed by atoms with van der Waals surface area (Å²) in [4.78, 5) is 23.1. The summed E-state index contributed by atoms with van der Waals surface area (Å²) in [5.74, 6) is 2.18. The number of nitro benzene ring substituents is 1.